The van der Waals surface area contributed by atoms with Crippen LogP contribution in [0.25, 0.3) is 91.2 Å². The van der Waals surface area contributed by atoms with Gasteiger partial charge in [0.25, 0.3) is 7.41 Å². The van der Waals surface area contributed by atoms with Crippen molar-refractivity contribution < 1.29 is 0 Å². The normalized spacial score (nSPS) is 13.8. The van der Waals surface area contributed by atoms with Crippen LogP contribution in [0.2, 0.25) is 0 Å². The van der Waals surface area contributed by atoms with E-state index in [1.165, 1.54) is 113 Å². The van der Waals surface area contributed by atoms with Crippen LogP contribution in [0.1, 0.15) is 58.2 Å². The first-order valence-electron chi connectivity index (χ1n) is 17.5. The summed E-state index contributed by atoms with van der Waals surface area (Å²) in [6.07, 6.45) is 0. The molecule has 11 rings (SSSR count). The molecule has 6 aromatic carbocycles. The zero-order chi connectivity index (χ0) is 33.3. The first-order chi connectivity index (χ1) is 23.5. The van der Waals surface area contributed by atoms with E-state index in [1.54, 1.807) is 0 Å². The van der Waals surface area contributed by atoms with Crippen LogP contribution in [0.15, 0.2) is 91.0 Å². The maximum absolute atomic E-state index is 2.63. The van der Waals surface area contributed by atoms with Crippen molar-refractivity contribution in [1.82, 2.24) is 8.88 Å². The zero-order valence-corrected chi connectivity index (χ0v) is 29.9. The number of aryl methyl sites for hydroxylation is 1. The van der Waals surface area contributed by atoms with Gasteiger partial charge in [-0.3, -0.25) is 0 Å². The van der Waals surface area contributed by atoms with E-state index in [9.17, 15) is 0 Å². The van der Waals surface area contributed by atoms with E-state index in [0.29, 0.717) is 0 Å². The predicted molar refractivity (Wildman–Crippen MR) is 215 cm³/mol. The minimum atomic E-state index is -0.00573. The van der Waals surface area contributed by atoms with Crippen LogP contribution in [-0.4, -0.2) is 16.3 Å². The van der Waals surface area contributed by atoms with Crippen LogP contribution in [-0.2, 0) is 10.8 Å². The highest BCUT2D eigenvalue weighted by Crippen LogP contribution is 2.51. The van der Waals surface area contributed by atoms with Crippen LogP contribution in [0.3, 0.4) is 0 Å². The molecule has 1 aliphatic heterocycles. The van der Waals surface area contributed by atoms with E-state index in [0.717, 1.165) is 0 Å². The van der Waals surface area contributed by atoms with Crippen molar-refractivity contribution in [3.8, 4) is 11.1 Å². The van der Waals surface area contributed by atoms with Crippen molar-refractivity contribution in [2.24, 2.45) is 0 Å². The van der Waals surface area contributed by atoms with E-state index < -0.39 is 0 Å². The Hall–Kier alpha value is -4.80. The van der Waals surface area contributed by atoms with Gasteiger partial charge < -0.3 is 8.88 Å². The van der Waals surface area contributed by atoms with Gasteiger partial charge in [-0.15, -0.1) is 11.3 Å². The summed E-state index contributed by atoms with van der Waals surface area (Å²) in [6, 6.07) is 35.0. The highest BCUT2D eigenvalue weighted by molar-refractivity contribution is 7.26. The molecule has 0 fully saturated rings. The number of benzene rings is 6. The Morgan fingerprint density at radius 2 is 1.27 bits per heavy atom. The quantitative estimate of drug-likeness (QED) is 0.145. The van der Waals surface area contributed by atoms with Crippen molar-refractivity contribution in [2.75, 3.05) is 0 Å². The lowest BCUT2D eigenvalue weighted by molar-refractivity contribution is 0.590. The van der Waals surface area contributed by atoms with Gasteiger partial charge in [0.2, 0.25) is 0 Å². The molecule has 1 aliphatic rings. The number of para-hydroxylation sites is 2. The fourth-order valence-corrected chi connectivity index (χ4v) is 10.4. The van der Waals surface area contributed by atoms with Gasteiger partial charge in [-0.2, -0.15) is 0 Å². The topological polar surface area (TPSA) is 9.34 Å². The first-order valence-corrected chi connectivity index (χ1v) is 18.3. The third-order valence-electron chi connectivity index (χ3n) is 11.5. The molecular weight excluding hydrogens is 611 g/mol. The van der Waals surface area contributed by atoms with Gasteiger partial charge >= 0.3 is 0 Å². The molecule has 0 atom stereocenters. The lowest BCUT2D eigenvalue weighted by atomic mass is 9.71. The molecule has 1 radical (unpaired) electrons. The molecule has 0 amide bonds. The molecule has 0 spiro atoms. The minimum absolute atomic E-state index is 0.00573. The molecule has 0 bridgehead atoms. The van der Waals surface area contributed by atoms with Crippen molar-refractivity contribution >= 4 is 104 Å². The van der Waals surface area contributed by atoms with E-state index in [1.807, 2.05) is 11.3 Å². The first kappa shape index (κ1) is 28.1. The number of nitrogens with zero attached hydrogens (tertiary/aromatic N) is 2. The molecule has 0 aliphatic carbocycles. The minimum Gasteiger partial charge on any atom is -0.384 e. The van der Waals surface area contributed by atoms with Gasteiger partial charge in [0.1, 0.15) is 0 Å². The van der Waals surface area contributed by atoms with E-state index in [2.05, 4.69) is 156 Å². The van der Waals surface area contributed by atoms with Crippen molar-refractivity contribution in [1.29, 1.82) is 0 Å². The molecule has 0 N–H and O–H groups in total. The van der Waals surface area contributed by atoms with Crippen molar-refractivity contribution in [3.05, 3.63) is 108 Å². The summed E-state index contributed by atoms with van der Waals surface area (Å²) in [5.41, 5.74) is 14.8. The SMILES string of the molecule is Cc1cccc2c3cccc4c5c6c(sc7ccccc76)c6c(c5n(c12)c34)[B]n1c2ccc(C(C)(C)C)cc2c2cc(C(C)(C)C)cc-6c21. The Bertz CT molecular complexity index is 3100. The fraction of sp³-hybridized carbons (Fsp3) is 0.200. The molecule has 0 unspecified atom stereocenters. The average molecular weight is 648 g/mol. The third-order valence-corrected chi connectivity index (χ3v) is 12.7. The number of aromatic nitrogens is 2. The Morgan fingerprint density at radius 3 is 2.06 bits per heavy atom. The van der Waals surface area contributed by atoms with Gasteiger partial charge in [0, 0.05) is 69.1 Å². The monoisotopic (exact) mass is 647 g/mol. The van der Waals surface area contributed by atoms with Crippen LogP contribution >= 0.6 is 11.3 Å². The van der Waals surface area contributed by atoms with Crippen LogP contribution in [0.4, 0.5) is 0 Å². The zero-order valence-electron chi connectivity index (χ0n) is 29.0. The number of fused-ring (bicyclic) bond motifs is 17. The smallest absolute Gasteiger partial charge is 0.293 e. The molecule has 2 nitrogen and oxygen atoms in total. The summed E-state index contributed by atoms with van der Waals surface area (Å²) in [6.45, 7) is 16.3. The summed E-state index contributed by atoms with van der Waals surface area (Å²) in [5, 5.41) is 10.9. The van der Waals surface area contributed by atoms with Crippen LogP contribution in [0, 0.1) is 6.92 Å². The summed E-state index contributed by atoms with van der Waals surface area (Å²) >= 11 is 1.97. The Balaban J connectivity index is 1.44. The van der Waals surface area contributed by atoms with Gasteiger partial charge in [-0.05, 0) is 75.8 Å². The van der Waals surface area contributed by atoms with Gasteiger partial charge in [0.05, 0.1) is 16.6 Å². The van der Waals surface area contributed by atoms with Gasteiger partial charge in [-0.1, -0.05) is 102 Å². The molecule has 49 heavy (non-hydrogen) atoms. The summed E-state index contributed by atoms with van der Waals surface area (Å²) < 4.78 is 7.90. The Morgan fingerprint density at radius 1 is 0.571 bits per heavy atom. The van der Waals surface area contributed by atoms with Crippen molar-refractivity contribution in [2.45, 2.75) is 59.3 Å². The number of rotatable bonds is 0. The molecule has 4 heteroatoms. The van der Waals surface area contributed by atoms with Gasteiger partial charge in [0.15, 0.2) is 0 Å². The number of thiophene rings is 1. The van der Waals surface area contributed by atoms with E-state index >= 15 is 0 Å². The fourth-order valence-electron chi connectivity index (χ4n) is 9.10. The highest BCUT2D eigenvalue weighted by atomic mass is 32.1. The number of hydrogen-bond acceptors (Lipinski definition) is 1. The molecule has 235 valence electrons. The van der Waals surface area contributed by atoms with E-state index in [-0.39, 0.29) is 10.8 Å². The molecule has 10 aromatic rings. The second-order valence-corrected chi connectivity index (χ2v) is 17.5. The van der Waals surface area contributed by atoms with Crippen molar-refractivity contribution in [3.63, 3.8) is 0 Å². The lowest BCUT2D eigenvalue weighted by Gasteiger charge is -2.26. The largest absolute Gasteiger partial charge is 0.384 e. The second-order valence-electron chi connectivity index (χ2n) is 16.5. The van der Waals surface area contributed by atoms with Gasteiger partial charge in [-0.25, -0.2) is 0 Å². The maximum Gasteiger partial charge on any atom is 0.293 e. The highest BCUT2D eigenvalue weighted by Gasteiger charge is 2.33. The average Bonchev–Trinajstić information content (AvgIpc) is 3.80. The molecule has 5 heterocycles. The summed E-state index contributed by atoms with van der Waals surface area (Å²) in [7, 11) is 2.49. The molecular formula is C45H36BN2S. The van der Waals surface area contributed by atoms with E-state index in [4.69, 9.17) is 0 Å². The standard InChI is InChI=1S/C45H36BN2S/c1-23-12-10-14-26-27-15-11-16-29-35-36-28-13-8-9-17-34(28)49-43(36)37-32-22-25(45(5,6)7)21-31-30-20-24(44(2,3)4)18-19-33(30)48(41(31)32)46-38(37)42(35)47(39(23)26)40(27)29/h8-22H,1-7H3. The van der Waals surface area contributed by atoms with Crippen LogP contribution < -0.4 is 5.46 Å². The third kappa shape index (κ3) is 3.39. The second kappa shape index (κ2) is 8.86. The molecule has 0 saturated heterocycles. The molecule has 4 aromatic heterocycles. The lowest BCUT2D eigenvalue weighted by Crippen LogP contribution is -2.30. The summed E-state index contributed by atoms with van der Waals surface area (Å²) in [4.78, 5) is 0. The van der Waals surface area contributed by atoms with Crippen LogP contribution in [0.5, 0.6) is 0 Å². The number of hydrogen-bond donors (Lipinski definition) is 0. The predicted octanol–water partition coefficient (Wildman–Crippen LogP) is 12.0. The summed E-state index contributed by atoms with van der Waals surface area (Å²) in [5.74, 6) is 0. The Labute approximate surface area is 290 Å². The Kier molecular flexibility index (Phi) is 5.08. The molecule has 0 saturated carbocycles. The maximum atomic E-state index is 2.63.